The number of H-pyrrole nitrogens is 2. The quantitative estimate of drug-likeness (QED) is 0.191. The molecular weight excluding hydrogens is 515 g/mol. The van der Waals surface area contributed by atoms with Crippen LogP contribution in [0.4, 0.5) is 11.5 Å². The van der Waals surface area contributed by atoms with Crippen LogP contribution in [-0.2, 0) is 6.42 Å². The molecule has 9 heteroatoms. The molecule has 0 spiro atoms. The summed E-state index contributed by atoms with van der Waals surface area (Å²) >= 11 is -7.18. The number of hydrogen-bond donors (Lipinski definition) is 2. The summed E-state index contributed by atoms with van der Waals surface area (Å²) in [4.78, 5) is 16.3. The molecule has 3 aromatic heterocycles. The van der Waals surface area contributed by atoms with Gasteiger partial charge in [-0.05, 0) is 78.8 Å². The van der Waals surface area contributed by atoms with Crippen LogP contribution in [-0.4, -0.2) is 40.6 Å². The van der Waals surface area contributed by atoms with Crippen LogP contribution in [0.3, 0.4) is 0 Å². The van der Waals surface area contributed by atoms with Gasteiger partial charge in [0, 0.05) is 22.1 Å². The molecule has 158 valence electrons. The minimum absolute atomic E-state index is 0.919. The second-order valence-electron chi connectivity index (χ2n) is 6.98. The first-order chi connectivity index (χ1) is 14.7. The van der Waals surface area contributed by atoms with Crippen molar-refractivity contribution in [3.05, 3.63) is 70.8 Å². The van der Waals surface area contributed by atoms with Gasteiger partial charge in [0.15, 0.2) is 0 Å². The number of nitrogens with zero attached hydrogens (tertiary/aromatic N) is 2. The summed E-state index contributed by atoms with van der Waals surface area (Å²) in [6.45, 7) is 2.17. The Morgan fingerprint density at radius 1 is 0.677 bits per heavy atom. The van der Waals surface area contributed by atoms with Crippen LogP contribution in [0.2, 0.25) is 0 Å². The van der Waals surface area contributed by atoms with Gasteiger partial charge in [-0.15, -0.1) is 0 Å². The molecule has 0 saturated heterocycles. The average molecular weight is 533 g/mol. The van der Waals surface area contributed by atoms with E-state index in [1.807, 2.05) is 30.4 Å². The molecule has 0 radical (unpaired) electrons. The first kappa shape index (κ1) is 21.4. The first-order valence-electron chi connectivity index (χ1n) is 9.58. The van der Waals surface area contributed by atoms with E-state index in [0.717, 1.165) is 51.3 Å². The van der Waals surface area contributed by atoms with Gasteiger partial charge in [-0.25, -0.2) is 9.97 Å². The molecule has 2 N–H and O–H groups in total. The SMILES string of the molecule is CCc1cc2cc3ccc(cc4nc(cc5nc(cc1[nH]2)C=C5)C=C4)[nH]3.[F][Sn]([F])([F])[F]. The van der Waals surface area contributed by atoms with Crippen LogP contribution >= 0.6 is 0 Å². The van der Waals surface area contributed by atoms with Crippen LogP contribution in [0, 0.1) is 0 Å². The third-order valence-electron chi connectivity index (χ3n) is 4.64. The summed E-state index contributed by atoms with van der Waals surface area (Å²) in [6.07, 6.45) is 9.08. The Bertz CT molecular complexity index is 1330. The Morgan fingerprint density at radius 3 is 1.77 bits per heavy atom. The van der Waals surface area contributed by atoms with E-state index in [-0.39, 0.29) is 0 Å². The van der Waals surface area contributed by atoms with E-state index in [0.29, 0.717) is 0 Å². The monoisotopic (exact) mass is 534 g/mol. The maximum atomic E-state index is 9.90. The molecule has 5 rings (SSSR count). The molecule has 0 saturated carbocycles. The molecule has 2 aliphatic heterocycles. The second-order valence-corrected chi connectivity index (χ2v) is 9.43. The Balaban J connectivity index is 0.000000418. The van der Waals surface area contributed by atoms with E-state index < -0.39 is 20.7 Å². The van der Waals surface area contributed by atoms with Gasteiger partial charge in [0.05, 0.1) is 22.8 Å². The van der Waals surface area contributed by atoms with Crippen LogP contribution in [0.5, 0.6) is 0 Å². The van der Waals surface area contributed by atoms with Crippen molar-refractivity contribution in [3.63, 3.8) is 0 Å². The number of rotatable bonds is 1. The van der Waals surface area contributed by atoms with Crippen molar-refractivity contribution >= 4 is 67.0 Å². The Morgan fingerprint density at radius 2 is 1.19 bits per heavy atom. The van der Waals surface area contributed by atoms with Crippen molar-refractivity contribution in [1.29, 1.82) is 0 Å². The maximum absolute atomic E-state index is 9.90. The zero-order valence-electron chi connectivity index (χ0n) is 16.5. The zero-order chi connectivity index (χ0) is 22.0. The van der Waals surface area contributed by atoms with Crippen LogP contribution in [0.25, 0.3) is 46.4 Å². The summed E-state index contributed by atoms with van der Waals surface area (Å²) in [6, 6.07) is 14.7. The number of nitrogens with one attached hydrogen (secondary N) is 2. The van der Waals surface area contributed by atoms with Crippen molar-refractivity contribution in [2.45, 2.75) is 13.3 Å². The zero-order valence-corrected chi connectivity index (χ0v) is 19.3. The minimum atomic E-state index is -7.18. The first-order valence-corrected chi connectivity index (χ1v) is 13.9. The average Bonchev–Trinajstić information content (AvgIpc) is 3.45. The fraction of sp³-hybridized carbons (Fsp3) is 0.0909. The van der Waals surface area contributed by atoms with Crippen LogP contribution in [0.15, 0.2) is 42.5 Å². The van der Waals surface area contributed by atoms with E-state index in [4.69, 9.17) is 4.98 Å². The van der Waals surface area contributed by atoms with Crippen molar-refractivity contribution in [2.24, 2.45) is 0 Å². The molecule has 8 bridgehead atoms. The molecule has 3 aromatic rings. The number of aryl methyl sites for hydroxylation is 1. The summed E-state index contributed by atoms with van der Waals surface area (Å²) in [7, 11) is 0. The molecule has 0 amide bonds. The number of aromatic nitrogens is 4. The third kappa shape index (κ3) is 5.84. The number of fused-ring (bicyclic) bond motifs is 8. The van der Waals surface area contributed by atoms with Crippen molar-refractivity contribution < 1.29 is 11.5 Å². The topological polar surface area (TPSA) is 57.4 Å². The standard InChI is InChI=1S/C22H18N4.4FH.Sn/c1-2-14-9-21-12-19-6-5-17(24-19)10-15-3-4-16(23-15)11-18-7-8-20(25-18)13-22(14)26-21;;;;;/h3-13,24,26H,2H2,1H3;4*1H;/q;;;;;+4/p-4. The molecule has 4 nitrogen and oxygen atoms in total. The molecule has 0 atom stereocenters. The molecule has 0 aromatic carbocycles. The molecule has 0 aliphatic carbocycles. The van der Waals surface area contributed by atoms with Gasteiger partial charge in [0.1, 0.15) is 0 Å². The fourth-order valence-corrected chi connectivity index (χ4v) is 3.37. The summed E-state index contributed by atoms with van der Waals surface area (Å²) in [5.74, 6) is 0. The van der Waals surface area contributed by atoms with Gasteiger partial charge >= 0.3 is 32.1 Å². The molecule has 0 unspecified atom stereocenters. The van der Waals surface area contributed by atoms with Gasteiger partial charge in [-0.1, -0.05) is 6.92 Å². The van der Waals surface area contributed by atoms with E-state index in [2.05, 4.69) is 58.3 Å². The van der Waals surface area contributed by atoms with Crippen molar-refractivity contribution in [1.82, 2.24) is 19.9 Å². The second kappa shape index (κ2) is 8.70. The van der Waals surface area contributed by atoms with Gasteiger partial charge in [0.25, 0.3) is 0 Å². The number of aromatic amines is 2. The van der Waals surface area contributed by atoms with E-state index in [1.165, 1.54) is 5.56 Å². The van der Waals surface area contributed by atoms with Gasteiger partial charge < -0.3 is 9.97 Å². The fourth-order valence-electron chi connectivity index (χ4n) is 3.37. The van der Waals surface area contributed by atoms with Gasteiger partial charge in [0.2, 0.25) is 0 Å². The summed E-state index contributed by atoms with van der Waals surface area (Å²) in [5.41, 5.74) is 9.31. The molecule has 5 heterocycles. The normalized spacial score (nSPS) is 12.5. The van der Waals surface area contributed by atoms with Crippen LogP contribution in [0.1, 0.15) is 35.3 Å². The van der Waals surface area contributed by atoms with Crippen molar-refractivity contribution in [2.75, 3.05) is 0 Å². The predicted octanol–water partition coefficient (Wildman–Crippen LogP) is 6.52. The van der Waals surface area contributed by atoms with E-state index >= 15 is 0 Å². The Hall–Kier alpha value is -2.88. The van der Waals surface area contributed by atoms with E-state index in [1.54, 1.807) is 0 Å². The predicted molar refractivity (Wildman–Crippen MR) is 118 cm³/mol. The summed E-state index contributed by atoms with van der Waals surface area (Å²) in [5, 5.41) is 0. The number of hydrogen-bond acceptors (Lipinski definition) is 2. The van der Waals surface area contributed by atoms with Crippen molar-refractivity contribution in [3.8, 4) is 0 Å². The van der Waals surface area contributed by atoms with Crippen LogP contribution < -0.4 is 0 Å². The molecule has 2 aliphatic rings. The van der Waals surface area contributed by atoms with Gasteiger partial charge in [-0.3, -0.25) is 0 Å². The number of halogens is 4. The third-order valence-corrected chi connectivity index (χ3v) is 4.64. The molecule has 0 fully saturated rings. The summed E-state index contributed by atoms with van der Waals surface area (Å²) < 4.78 is 39.6. The van der Waals surface area contributed by atoms with E-state index in [9.17, 15) is 11.5 Å². The Kier molecular flexibility index (Phi) is 5.99. The van der Waals surface area contributed by atoms with Gasteiger partial charge in [-0.2, -0.15) is 0 Å². The Labute approximate surface area is 182 Å². The molecule has 31 heavy (non-hydrogen) atoms. The molecular formula is C22H18F4N4Sn.